The maximum Gasteiger partial charge on any atom is 0.260 e. The zero-order chi connectivity index (χ0) is 20.9. The highest BCUT2D eigenvalue weighted by Gasteiger charge is 2.22. The standard InChI is InChI=1S/C24H24N2O3S/c1-16(29-18-11-9-17(28-2)10-12-18)24(27)26-15-21(23-8-5-13-30-23)20-14-25-22-7-4-3-6-19(20)22/h3-14,16,21,25H,15H2,1-2H3,(H,26,27). The van der Waals surface area contributed by atoms with Crippen LogP contribution < -0.4 is 14.8 Å². The topological polar surface area (TPSA) is 63.4 Å². The number of benzene rings is 2. The molecule has 0 spiro atoms. The number of rotatable bonds is 8. The Hall–Kier alpha value is -3.25. The smallest absolute Gasteiger partial charge is 0.260 e. The molecule has 0 saturated heterocycles. The number of aromatic nitrogens is 1. The van der Waals surface area contributed by atoms with Crippen LogP contribution in [0.25, 0.3) is 10.9 Å². The van der Waals surface area contributed by atoms with Gasteiger partial charge in [0.05, 0.1) is 7.11 Å². The van der Waals surface area contributed by atoms with E-state index in [-0.39, 0.29) is 11.8 Å². The van der Waals surface area contributed by atoms with E-state index in [4.69, 9.17) is 9.47 Å². The Morgan fingerprint density at radius 2 is 1.83 bits per heavy atom. The van der Waals surface area contributed by atoms with Gasteiger partial charge in [-0.1, -0.05) is 24.3 Å². The van der Waals surface area contributed by atoms with Gasteiger partial charge in [0, 0.05) is 34.4 Å². The minimum Gasteiger partial charge on any atom is -0.497 e. The minimum atomic E-state index is -0.606. The normalized spacial score (nSPS) is 13.0. The molecule has 4 aromatic rings. The van der Waals surface area contributed by atoms with Crippen molar-refractivity contribution in [3.63, 3.8) is 0 Å². The number of fused-ring (bicyclic) bond motifs is 1. The molecule has 6 heteroatoms. The number of thiophene rings is 1. The number of amides is 1. The van der Waals surface area contributed by atoms with Crippen molar-refractivity contribution in [2.24, 2.45) is 0 Å². The van der Waals surface area contributed by atoms with Crippen molar-refractivity contribution in [1.82, 2.24) is 10.3 Å². The number of hydrogen-bond acceptors (Lipinski definition) is 4. The van der Waals surface area contributed by atoms with Crippen LogP contribution in [-0.2, 0) is 4.79 Å². The number of hydrogen-bond donors (Lipinski definition) is 2. The molecule has 2 aromatic heterocycles. The van der Waals surface area contributed by atoms with E-state index in [0.717, 1.165) is 11.3 Å². The van der Waals surface area contributed by atoms with Crippen LogP contribution >= 0.6 is 11.3 Å². The summed E-state index contributed by atoms with van der Waals surface area (Å²) in [5.41, 5.74) is 2.27. The first kappa shape index (κ1) is 20.0. The van der Waals surface area contributed by atoms with Gasteiger partial charge in [0.2, 0.25) is 0 Å². The molecular formula is C24H24N2O3S. The molecule has 0 saturated carbocycles. The van der Waals surface area contributed by atoms with Gasteiger partial charge in [0.25, 0.3) is 5.91 Å². The van der Waals surface area contributed by atoms with Gasteiger partial charge in [-0.2, -0.15) is 0 Å². The van der Waals surface area contributed by atoms with Gasteiger partial charge >= 0.3 is 0 Å². The van der Waals surface area contributed by atoms with Crippen LogP contribution in [0.15, 0.2) is 72.2 Å². The van der Waals surface area contributed by atoms with Crippen LogP contribution in [0.3, 0.4) is 0 Å². The molecule has 2 unspecified atom stereocenters. The molecule has 1 amide bonds. The zero-order valence-electron chi connectivity index (χ0n) is 16.9. The lowest BCUT2D eigenvalue weighted by Gasteiger charge is -2.19. The summed E-state index contributed by atoms with van der Waals surface area (Å²) in [6, 6.07) is 19.6. The first-order valence-electron chi connectivity index (χ1n) is 9.83. The molecule has 30 heavy (non-hydrogen) atoms. The molecule has 0 aliphatic carbocycles. The Morgan fingerprint density at radius 3 is 2.57 bits per heavy atom. The fraction of sp³-hybridized carbons (Fsp3) is 0.208. The lowest BCUT2D eigenvalue weighted by molar-refractivity contribution is -0.127. The highest BCUT2D eigenvalue weighted by atomic mass is 32.1. The molecule has 5 nitrogen and oxygen atoms in total. The maximum atomic E-state index is 12.7. The second-order valence-electron chi connectivity index (χ2n) is 7.04. The third-order valence-electron chi connectivity index (χ3n) is 5.11. The van der Waals surface area contributed by atoms with Crippen LogP contribution in [0.1, 0.15) is 23.3 Å². The highest BCUT2D eigenvalue weighted by Crippen LogP contribution is 2.32. The van der Waals surface area contributed by atoms with E-state index in [1.54, 1.807) is 37.5 Å². The van der Waals surface area contributed by atoms with Crippen LogP contribution in [0, 0.1) is 0 Å². The summed E-state index contributed by atoms with van der Waals surface area (Å²) in [4.78, 5) is 17.3. The number of aromatic amines is 1. The van der Waals surface area contributed by atoms with Gasteiger partial charge in [0.1, 0.15) is 11.5 Å². The Morgan fingerprint density at radius 1 is 1.07 bits per heavy atom. The molecule has 2 atom stereocenters. The fourth-order valence-electron chi connectivity index (χ4n) is 3.49. The van der Waals surface area contributed by atoms with Crippen molar-refractivity contribution in [1.29, 1.82) is 0 Å². The lowest BCUT2D eigenvalue weighted by Crippen LogP contribution is -2.38. The average molecular weight is 421 g/mol. The number of H-pyrrole nitrogens is 1. The van der Waals surface area contributed by atoms with Crippen molar-refractivity contribution in [3.05, 3.63) is 82.7 Å². The second-order valence-corrected chi connectivity index (χ2v) is 8.02. The van der Waals surface area contributed by atoms with E-state index < -0.39 is 6.10 Å². The van der Waals surface area contributed by atoms with Gasteiger partial charge in [-0.25, -0.2) is 0 Å². The van der Waals surface area contributed by atoms with Crippen molar-refractivity contribution >= 4 is 28.1 Å². The number of nitrogens with one attached hydrogen (secondary N) is 2. The summed E-state index contributed by atoms with van der Waals surface area (Å²) in [5, 5.41) is 6.31. The molecule has 2 N–H and O–H groups in total. The van der Waals surface area contributed by atoms with Gasteiger partial charge in [-0.05, 0) is 54.3 Å². The van der Waals surface area contributed by atoms with E-state index in [1.807, 2.05) is 36.5 Å². The molecule has 4 rings (SSSR count). The van der Waals surface area contributed by atoms with Gasteiger partial charge in [-0.3, -0.25) is 4.79 Å². The summed E-state index contributed by atoms with van der Waals surface area (Å²) in [7, 11) is 1.61. The predicted octanol–water partition coefficient (Wildman–Crippen LogP) is 4.95. The van der Waals surface area contributed by atoms with Crippen molar-refractivity contribution in [2.45, 2.75) is 18.9 Å². The lowest BCUT2D eigenvalue weighted by atomic mass is 9.96. The van der Waals surface area contributed by atoms with E-state index in [2.05, 4.69) is 33.9 Å². The molecule has 0 fully saturated rings. The van der Waals surface area contributed by atoms with Crippen LogP contribution in [0.2, 0.25) is 0 Å². The molecule has 0 bridgehead atoms. The third-order valence-corrected chi connectivity index (χ3v) is 6.09. The number of carbonyl (C=O) groups is 1. The molecule has 0 aliphatic heterocycles. The quantitative estimate of drug-likeness (QED) is 0.424. The van der Waals surface area contributed by atoms with Crippen molar-refractivity contribution in [3.8, 4) is 11.5 Å². The number of methoxy groups -OCH3 is 1. The molecular weight excluding hydrogens is 396 g/mol. The summed E-state index contributed by atoms with van der Waals surface area (Å²) in [6.45, 7) is 2.25. The number of ether oxygens (including phenoxy) is 2. The first-order chi connectivity index (χ1) is 14.7. The van der Waals surface area contributed by atoms with Crippen molar-refractivity contribution < 1.29 is 14.3 Å². The Kier molecular flexibility index (Phi) is 6.05. The molecule has 2 aromatic carbocycles. The Labute approximate surface area is 179 Å². The summed E-state index contributed by atoms with van der Waals surface area (Å²) in [6.07, 6.45) is 1.43. The van der Waals surface area contributed by atoms with Gasteiger partial charge in [-0.15, -0.1) is 11.3 Å². The van der Waals surface area contributed by atoms with Crippen LogP contribution in [0.5, 0.6) is 11.5 Å². The maximum absolute atomic E-state index is 12.7. The SMILES string of the molecule is COc1ccc(OC(C)C(=O)NCC(c2cccs2)c2c[nH]c3ccccc23)cc1. The molecule has 2 heterocycles. The molecule has 0 radical (unpaired) electrons. The molecule has 0 aliphatic rings. The van der Waals surface area contributed by atoms with E-state index in [1.165, 1.54) is 15.8 Å². The Bertz CT molecular complexity index is 1100. The number of carbonyl (C=O) groups excluding carboxylic acids is 1. The molecule has 154 valence electrons. The van der Waals surface area contributed by atoms with Crippen molar-refractivity contribution in [2.75, 3.05) is 13.7 Å². The highest BCUT2D eigenvalue weighted by molar-refractivity contribution is 7.10. The number of para-hydroxylation sites is 1. The van der Waals surface area contributed by atoms with Crippen LogP contribution in [0.4, 0.5) is 0 Å². The van der Waals surface area contributed by atoms with E-state index in [0.29, 0.717) is 12.3 Å². The van der Waals surface area contributed by atoms with Gasteiger partial charge in [0.15, 0.2) is 6.10 Å². The minimum absolute atomic E-state index is 0.0679. The predicted molar refractivity (Wildman–Crippen MR) is 121 cm³/mol. The van der Waals surface area contributed by atoms with Crippen LogP contribution in [-0.4, -0.2) is 30.6 Å². The fourth-order valence-corrected chi connectivity index (χ4v) is 4.34. The summed E-state index contributed by atoms with van der Waals surface area (Å²) in [5.74, 6) is 1.30. The summed E-state index contributed by atoms with van der Waals surface area (Å²) < 4.78 is 10.9. The zero-order valence-corrected chi connectivity index (χ0v) is 17.7. The Balaban J connectivity index is 1.46. The van der Waals surface area contributed by atoms with Gasteiger partial charge < -0.3 is 19.8 Å². The average Bonchev–Trinajstić information content (AvgIpc) is 3.45. The summed E-state index contributed by atoms with van der Waals surface area (Å²) >= 11 is 1.70. The van der Waals surface area contributed by atoms with E-state index >= 15 is 0 Å². The van der Waals surface area contributed by atoms with E-state index in [9.17, 15) is 4.79 Å². The largest absolute Gasteiger partial charge is 0.497 e. The second kappa shape index (κ2) is 9.05. The monoisotopic (exact) mass is 420 g/mol. The third kappa shape index (κ3) is 4.33. The first-order valence-corrected chi connectivity index (χ1v) is 10.7.